The van der Waals surface area contributed by atoms with Crippen molar-refractivity contribution in [1.82, 2.24) is 25.6 Å². The number of nitrogens with one attached hydrogen (secondary N) is 2. The van der Waals surface area contributed by atoms with E-state index in [0.717, 1.165) is 23.9 Å². The number of nitrogens with zero attached hydrogens (tertiary/aromatic N) is 3. The SMILES string of the molecule is O=C(CSc1nnc(-c2ccccc2F)n1-c1ccccc1)NNC(=O)c1ccc(F)cc1. The third-order valence-electron chi connectivity index (χ3n) is 4.52. The van der Waals surface area contributed by atoms with Gasteiger partial charge in [-0.3, -0.25) is 25.0 Å². The van der Waals surface area contributed by atoms with Gasteiger partial charge in [-0.15, -0.1) is 10.2 Å². The van der Waals surface area contributed by atoms with Crippen molar-refractivity contribution in [1.29, 1.82) is 0 Å². The summed E-state index contributed by atoms with van der Waals surface area (Å²) >= 11 is 1.07. The van der Waals surface area contributed by atoms with Gasteiger partial charge in [0.25, 0.3) is 5.91 Å². The predicted octanol–water partition coefficient (Wildman–Crippen LogP) is 3.77. The second kappa shape index (κ2) is 10.0. The molecule has 7 nitrogen and oxygen atoms in total. The number of thioether (sulfide) groups is 1. The average Bonchev–Trinajstić information content (AvgIpc) is 3.26. The molecule has 0 atom stereocenters. The summed E-state index contributed by atoms with van der Waals surface area (Å²) in [6, 6.07) is 20.3. The summed E-state index contributed by atoms with van der Waals surface area (Å²) in [5, 5.41) is 8.66. The Kier molecular flexibility index (Phi) is 6.75. The molecule has 1 heterocycles. The molecule has 0 aliphatic rings. The zero-order chi connectivity index (χ0) is 23.2. The van der Waals surface area contributed by atoms with Crippen LogP contribution in [0.2, 0.25) is 0 Å². The Balaban J connectivity index is 1.48. The first-order valence-electron chi connectivity index (χ1n) is 9.76. The summed E-state index contributed by atoms with van der Waals surface area (Å²) in [6.45, 7) is 0. The van der Waals surface area contributed by atoms with Crippen LogP contribution < -0.4 is 10.9 Å². The monoisotopic (exact) mass is 465 g/mol. The van der Waals surface area contributed by atoms with Crippen LogP contribution in [0.3, 0.4) is 0 Å². The van der Waals surface area contributed by atoms with Crippen molar-refractivity contribution in [3.63, 3.8) is 0 Å². The molecule has 0 fully saturated rings. The van der Waals surface area contributed by atoms with Gasteiger partial charge in [-0.25, -0.2) is 8.78 Å². The normalized spacial score (nSPS) is 10.6. The average molecular weight is 465 g/mol. The number of rotatable bonds is 6. The summed E-state index contributed by atoms with van der Waals surface area (Å²) in [5.74, 6) is -1.78. The molecule has 2 amide bonds. The van der Waals surface area contributed by atoms with E-state index in [1.165, 1.54) is 18.2 Å². The zero-order valence-electron chi connectivity index (χ0n) is 17.0. The molecule has 2 N–H and O–H groups in total. The van der Waals surface area contributed by atoms with Crippen molar-refractivity contribution in [2.75, 3.05) is 5.75 Å². The molecule has 0 unspecified atom stereocenters. The van der Waals surface area contributed by atoms with E-state index in [0.29, 0.717) is 16.7 Å². The van der Waals surface area contributed by atoms with Crippen LogP contribution in [-0.2, 0) is 4.79 Å². The Morgan fingerprint density at radius 1 is 0.848 bits per heavy atom. The van der Waals surface area contributed by atoms with Gasteiger partial charge in [0.1, 0.15) is 11.6 Å². The molecule has 0 saturated heterocycles. The second-order valence-electron chi connectivity index (χ2n) is 6.75. The number of aromatic nitrogens is 3. The number of benzene rings is 3. The highest BCUT2D eigenvalue weighted by atomic mass is 32.2. The molecule has 10 heteroatoms. The maximum Gasteiger partial charge on any atom is 0.269 e. The molecule has 33 heavy (non-hydrogen) atoms. The van der Waals surface area contributed by atoms with Crippen LogP contribution in [0.25, 0.3) is 17.1 Å². The number of hydrogen-bond acceptors (Lipinski definition) is 5. The van der Waals surface area contributed by atoms with Crippen LogP contribution in [0.15, 0.2) is 84.0 Å². The Bertz CT molecular complexity index is 1280. The first-order chi connectivity index (χ1) is 16.0. The Labute approximate surface area is 191 Å². The predicted molar refractivity (Wildman–Crippen MR) is 119 cm³/mol. The van der Waals surface area contributed by atoms with E-state index in [1.54, 1.807) is 22.8 Å². The molecule has 0 aliphatic heterocycles. The van der Waals surface area contributed by atoms with Gasteiger partial charge in [-0.05, 0) is 48.5 Å². The summed E-state index contributed by atoms with van der Waals surface area (Å²) in [7, 11) is 0. The van der Waals surface area contributed by atoms with Crippen LogP contribution in [0.1, 0.15) is 10.4 Å². The van der Waals surface area contributed by atoms with Gasteiger partial charge in [0.15, 0.2) is 11.0 Å². The molecule has 1 aromatic heterocycles. The number of carbonyl (C=O) groups is 2. The summed E-state index contributed by atoms with van der Waals surface area (Å²) in [5.41, 5.74) is 5.75. The van der Waals surface area contributed by atoms with Crippen molar-refractivity contribution in [2.24, 2.45) is 0 Å². The molecule has 0 bridgehead atoms. The van der Waals surface area contributed by atoms with Crippen molar-refractivity contribution in [3.8, 4) is 17.1 Å². The van der Waals surface area contributed by atoms with Crippen LogP contribution in [-0.4, -0.2) is 32.3 Å². The standard InChI is InChI=1S/C23H17F2N5O2S/c24-16-12-10-15(11-13-16)22(32)28-26-20(31)14-33-23-29-27-21(18-8-4-5-9-19(18)25)30(23)17-6-2-1-3-7-17/h1-13H,14H2,(H,26,31)(H,28,32). The van der Waals surface area contributed by atoms with Gasteiger partial charge < -0.3 is 0 Å². The van der Waals surface area contributed by atoms with Crippen molar-refractivity contribution >= 4 is 23.6 Å². The van der Waals surface area contributed by atoms with E-state index in [9.17, 15) is 18.4 Å². The quantitative estimate of drug-likeness (QED) is 0.334. The lowest BCUT2D eigenvalue weighted by Gasteiger charge is -2.11. The van der Waals surface area contributed by atoms with Gasteiger partial charge in [0, 0.05) is 11.3 Å². The fraction of sp³-hybridized carbons (Fsp3) is 0.0435. The van der Waals surface area contributed by atoms with Crippen LogP contribution in [0, 0.1) is 11.6 Å². The molecule has 166 valence electrons. The zero-order valence-corrected chi connectivity index (χ0v) is 17.9. The smallest absolute Gasteiger partial charge is 0.269 e. The molecule has 0 aliphatic carbocycles. The lowest BCUT2D eigenvalue weighted by molar-refractivity contribution is -0.119. The van der Waals surface area contributed by atoms with Crippen molar-refractivity contribution in [3.05, 3.63) is 96.1 Å². The highest BCUT2D eigenvalue weighted by molar-refractivity contribution is 7.99. The van der Waals surface area contributed by atoms with Gasteiger partial charge in [-0.2, -0.15) is 0 Å². The first kappa shape index (κ1) is 22.2. The minimum absolute atomic E-state index is 0.0913. The van der Waals surface area contributed by atoms with E-state index >= 15 is 0 Å². The minimum atomic E-state index is -0.581. The van der Waals surface area contributed by atoms with Gasteiger partial charge in [0.2, 0.25) is 5.91 Å². The molecule has 4 rings (SSSR count). The maximum absolute atomic E-state index is 14.4. The van der Waals surface area contributed by atoms with Gasteiger partial charge >= 0.3 is 0 Å². The topological polar surface area (TPSA) is 88.9 Å². The fourth-order valence-electron chi connectivity index (χ4n) is 2.96. The van der Waals surface area contributed by atoms with Crippen molar-refractivity contribution < 1.29 is 18.4 Å². The highest BCUT2D eigenvalue weighted by Gasteiger charge is 2.19. The third-order valence-corrected chi connectivity index (χ3v) is 5.45. The van der Waals surface area contributed by atoms with Crippen LogP contribution >= 0.6 is 11.8 Å². The Morgan fingerprint density at radius 2 is 1.55 bits per heavy atom. The van der Waals surface area contributed by atoms with E-state index in [4.69, 9.17) is 0 Å². The number of carbonyl (C=O) groups excluding carboxylic acids is 2. The van der Waals surface area contributed by atoms with E-state index in [2.05, 4.69) is 21.0 Å². The summed E-state index contributed by atoms with van der Waals surface area (Å²) < 4.78 is 29.1. The molecule has 0 spiro atoms. The maximum atomic E-state index is 14.4. The number of halogens is 2. The Morgan fingerprint density at radius 3 is 2.27 bits per heavy atom. The number of hydrogen-bond donors (Lipinski definition) is 2. The Hall–Kier alpha value is -4.05. The number of amides is 2. The highest BCUT2D eigenvalue weighted by Crippen LogP contribution is 2.29. The van der Waals surface area contributed by atoms with E-state index < -0.39 is 23.4 Å². The van der Waals surface area contributed by atoms with E-state index in [1.807, 2.05) is 30.3 Å². The summed E-state index contributed by atoms with van der Waals surface area (Å²) in [6.07, 6.45) is 0. The van der Waals surface area contributed by atoms with Crippen molar-refractivity contribution in [2.45, 2.75) is 5.16 Å². The first-order valence-corrected chi connectivity index (χ1v) is 10.7. The molecule has 0 radical (unpaired) electrons. The number of para-hydroxylation sites is 1. The lowest BCUT2D eigenvalue weighted by Crippen LogP contribution is -2.42. The molecule has 0 saturated carbocycles. The van der Waals surface area contributed by atoms with Gasteiger partial charge in [0.05, 0.1) is 11.3 Å². The third kappa shape index (κ3) is 5.24. The molecular formula is C23H17F2N5O2S. The van der Waals surface area contributed by atoms with Crippen LogP contribution in [0.5, 0.6) is 0 Å². The molecular weight excluding hydrogens is 448 g/mol. The summed E-state index contributed by atoms with van der Waals surface area (Å²) in [4.78, 5) is 24.3. The lowest BCUT2D eigenvalue weighted by atomic mass is 10.2. The minimum Gasteiger partial charge on any atom is -0.272 e. The van der Waals surface area contributed by atoms with Crippen LogP contribution in [0.4, 0.5) is 8.78 Å². The largest absolute Gasteiger partial charge is 0.272 e. The van der Waals surface area contributed by atoms with Gasteiger partial charge in [-0.1, -0.05) is 42.1 Å². The fourth-order valence-corrected chi connectivity index (χ4v) is 3.71. The number of hydrazine groups is 1. The second-order valence-corrected chi connectivity index (χ2v) is 7.70. The molecule has 3 aromatic carbocycles. The molecule has 4 aromatic rings. The van der Waals surface area contributed by atoms with E-state index in [-0.39, 0.29) is 16.9 Å².